The van der Waals surface area contributed by atoms with E-state index in [9.17, 15) is 0 Å². The summed E-state index contributed by atoms with van der Waals surface area (Å²) in [6, 6.07) is 9.09. The molecule has 0 aromatic heterocycles. The first kappa shape index (κ1) is 15.4. The van der Waals surface area contributed by atoms with Crippen molar-refractivity contribution < 1.29 is 0 Å². The summed E-state index contributed by atoms with van der Waals surface area (Å²) in [4.78, 5) is 0. The lowest BCUT2D eigenvalue weighted by Gasteiger charge is -2.34. The normalized spacial score (nSPS) is 18.9. The molecular weight excluding hydrogens is 244 g/mol. The van der Waals surface area contributed by atoms with Crippen LogP contribution in [0.3, 0.4) is 0 Å². The Balaban J connectivity index is 1.82. The van der Waals surface area contributed by atoms with Gasteiger partial charge in [-0.2, -0.15) is 0 Å². The molecule has 3 N–H and O–H groups in total. The highest BCUT2D eigenvalue weighted by molar-refractivity contribution is 5.45. The zero-order valence-corrected chi connectivity index (χ0v) is 13.1. The number of unbranched alkanes of at least 4 members (excludes halogenated alkanes) is 1. The predicted octanol–water partition coefficient (Wildman–Crippen LogP) is 4.52. The van der Waals surface area contributed by atoms with Crippen molar-refractivity contribution in [3.05, 3.63) is 29.8 Å². The molecule has 0 spiro atoms. The van der Waals surface area contributed by atoms with Gasteiger partial charge in [0.2, 0.25) is 0 Å². The Morgan fingerprint density at radius 3 is 2.35 bits per heavy atom. The van der Waals surface area contributed by atoms with Gasteiger partial charge in [0, 0.05) is 12.2 Å². The fraction of sp³-hybridized carbons (Fsp3) is 0.667. The summed E-state index contributed by atoms with van der Waals surface area (Å²) in [6.07, 6.45) is 7.65. The van der Waals surface area contributed by atoms with Gasteiger partial charge in [-0.3, -0.25) is 0 Å². The Bertz CT molecular complexity index is 384. The van der Waals surface area contributed by atoms with Crippen molar-refractivity contribution >= 4 is 5.69 Å². The van der Waals surface area contributed by atoms with Crippen molar-refractivity contribution in [2.45, 2.75) is 58.3 Å². The standard InChI is InChI=1S/C18H30N2/c1-18(2)11-9-16(10-12-18)15-5-7-17(8-6-15)20-14-4-3-13-19/h5-8,16,20H,3-4,9-14,19H2,1-2H3. The molecule has 0 radical (unpaired) electrons. The quantitative estimate of drug-likeness (QED) is 0.748. The zero-order chi connectivity index (χ0) is 14.4. The second-order valence-corrected chi connectivity index (χ2v) is 6.98. The van der Waals surface area contributed by atoms with Crippen molar-refractivity contribution in [3.63, 3.8) is 0 Å². The molecule has 1 fully saturated rings. The van der Waals surface area contributed by atoms with Gasteiger partial charge in [-0.1, -0.05) is 26.0 Å². The van der Waals surface area contributed by atoms with Gasteiger partial charge in [0.05, 0.1) is 0 Å². The van der Waals surface area contributed by atoms with Crippen LogP contribution in [0.15, 0.2) is 24.3 Å². The Morgan fingerprint density at radius 2 is 1.75 bits per heavy atom. The molecule has 1 aliphatic carbocycles. The minimum atomic E-state index is 0.557. The molecule has 0 atom stereocenters. The van der Waals surface area contributed by atoms with Gasteiger partial charge in [0.15, 0.2) is 0 Å². The lowest BCUT2D eigenvalue weighted by atomic mass is 9.71. The van der Waals surface area contributed by atoms with E-state index in [1.54, 1.807) is 0 Å². The topological polar surface area (TPSA) is 38.0 Å². The molecule has 0 heterocycles. The third kappa shape index (κ3) is 4.52. The Morgan fingerprint density at radius 1 is 1.10 bits per heavy atom. The van der Waals surface area contributed by atoms with Crippen LogP contribution in [0.4, 0.5) is 5.69 Å². The summed E-state index contributed by atoms with van der Waals surface area (Å²) in [7, 11) is 0. The van der Waals surface area contributed by atoms with Crippen LogP contribution in [-0.4, -0.2) is 13.1 Å². The second-order valence-electron chi connectivity index (χ2n) is 6.98. The maximum absolute atomic E-state index is 5.50. The summed E-state index contributed by atoms with van der Waals surface area (Å²) >= 11 is 0. The molecule has 0 unspecified atom stereocenters. The number of benzene rings is 1. The van der Waals surface area contributed by atoms with Gasteiger partial charge >= 0.3 is 0 Å². The van der Waals surface area contributed by atoms with Gasteiger partial charge in [-0.15, -0.1) is 0 Å². The smallest absolute Gasteiger partial charge is 0.0340 e. The first-order chi connectivity index (χ1) is 9.61. The first-order valence-electron chi connectivity index (χ1n) is 8.15. The van der Waals surface area contributed by atoms with E-state index in [0.29, 0.717) is 5.41 Å². The van der Waals surface area contributed by atoms with Crippen LogP contribution in [0, 0.1) is 5.41 Å². The molecule has 2 heteroatoms. The fourth-order valence-corrected chi connectivity index (χ4v) is 3.11. The lowest BCUT2D eigenvalue weighted by molar-refractivity contribution is 0.224. The van der Waals surface area contributed by atoms with Gasteiger partial charge in [-0.25, -0.2) is 0 Å². The average molecular weight is 274 g/mol. The third-order valence-corrected chi connectivity index (χ3v) is 4.68. The molecule has 1 aliphatic rings. The van der Waals surface area contributed by atoms with E-state index in [1.165, 1.54) is 36.9 Å². The number of anilines is 1. The van der Waals surface area contributed by atoms with Crippen LogP contribution in [0.1, 0.15) is 63.9 Å². The van der Waals surface area contributed by atoms with Crippen molar-refractivity contribution in [2.24, 2.45) is 11.1 Å². The average Bonchev–Trinajstić information content (AvgIpc) is 2.45. The zero-order valence-electron chi connectivity index (χ0n) is 13.1. The minimum Gasteiger partial charge on any atom is -0.385 e. The van der Waals surface area contributed by atoms with Crippen LogP contribution >= 0.6 is 0 Å². The van der Waals surface area contributed by atoms with E-state index in [4.69, 9.17) is 5.73 Å². The molecule has 20 heavy (non-hydrogen) atoms. The highest BCUT2D eigenvalue weighted by atomic mass is 14.9. The van der Waals surface area contributed by atoms with Crippen molar-refractivity contribution in [3.8, 4) is 0 Å². The molecule has 2 nitrogen and oxygen atoms in total. The molecule has 112 valence electrons. The minimum absolute atomic E-state index is 0.557. The van der Waals surface area contributed by atoms with Crippen LogP contribution in [0.2, 0.25) is 0 Å². The third-order valence-electron chi connectivity index (χ3n) is 4.68. The highest BCUT2D eigenvalue weighted by Crippen LogP contribution is 2.42. The highest BCUT2D eigenvalue weighted by Gasteiger charge is 2.27. The molecular formula is C18H30N2. The lowest BCUT2D eigenvalue weighted by Crippen LogP contribution is -2.20. The monoisotopic (exact) mass is 274 g/mol. The summed E-state index contributed by atoms with van der Waals surface area (Å²) in [5.74, 6) is 0.773. The Hall–Kier alpha value is -1.02. The van der Waals surface area contributed by atoms with Crippen LogP contribution in [0.5, 0.6) is 0 Å². The molecule has 0 saturated heterocycles. The molecule has 2 rings (SSSR count). The van der Waals surface area contributed by atoms with Crippen LogP contribution in [-0.2, 0) is 0 Å². The number of hydrogen-bond acceptors (Lipinski definition) is 2. The van der Waals surface area contributed by atoms with E-state index < -0.39 is 0 Å². The largest absolute Gasteiger partial charge is 0.385 e. The maximum Gasteiger partial charge on any atom is 0.0340 e. The summed E-state index contributed by atoms with van der Waals surface area (Å²) in [6.45, 7) is 6.61. The number of hydrogen-bond donors (Lipinski definition) is 2. The van der Waals surface area contributed by atoms with Crippen molar-refractivity contribution in [2.75, 3.05) is 18.4 Å². The Kier molecular flexibility index (Phi) is 5.47. The first-order valence-corrected chi connectivity index (χ1v) is 8.15. The van der Waals surface area contributed by atoms with Gasteiger partial charge < -0.3 is 11.1 Å². The molecule has 1 saturated carbocycles. The van der Waals surface area contributed by atoms with E-state index in [0.717, 1.165) is 31.8 Å². The second kappa shape index (κ2) is 7.12. The maximum atomic E-state index is 5.50. The van der Waals surface area contributed by atoms with Gasteiger partial charge in [0.1, 0.15) is 0 Å². The molecule has 1 aromatic rings. The van der Waals surface area contributed by atoms with E-state index in [2.05, 4.69) is 43.4 Å². The van der Waals surface area contributed by atoms with E-state index >= 15 is 0 Å². The number of rotatable bonds is 6. The molecule has 0 amide bonds. The van der Waals surface area contributed by atoms with Crippen molar-refractivity contribution in [1.82, 2.24) is 0 Å². The van der Waals surface area contributed by atoms with Gasteiger partial charge in [-0.05, 0) is 74.1 Å². The van der Waals surface area contributed by atoms with Gasteiger partial charge in [0.25, 0.3) is 0 Å². The summed E-state index contributed by atoms with van der Waals surface area (Å²) in [5.41, 5.74) is 8.82. The van der Waals surface area contributed by atoms with E-state index in [1.807, 2.05) is 0 Å². The van der Waals surface area contributed by atoms with Crippen molar-refractivity contribution in [1.29, 1.82) is 0 Å². The van der Waals surface area contributed by atoms with Crippen LogP contribution < -0.4 is 11.1 Å². The number of nitrogens with one attached hydrogen (secondary N) is 1. The summed E-state index contributed by atoms with van der Waals surface area (Å²) < 4.78 is 0. The molecule has 1 aromatic carbocycles. The number of nitrogens with two attached hydrogens (primary N) is 1. The van der Waals surface area contributed by atoms with Crippen LogP contribution in [0.25, 0.3) is 0 Å². The Labute approximate surface area is 124 Å². The molecule has 0 bridgehead atoms. The SMILES string of the molecule is CC1(C)CCC(c2ccc(NCCCCN)cc2)CC1. The molecule has 0 aliphatic heterocycles. The summed E-state index contributed by atoms with van der Waals surface area (Å²) in [5, 5.41) is 3.47. The van der Waals surface area contributed by atoms with E-state index in [-0.39, 0.29) is 0 Å². The fourth-order valence-electron chi connectivity index (χ4n) is 3.11. The predicted molar refractivity (Wildman–Crippen MR) is 88.2 cm³/mol.